The predicted molar refractivity (Wildman–Crippen MR) is 140 cm³/mol. The van der Waals surface area contributed by atoms with Crippen molar-refractivity contribution in [3.05, 3.63) is 72.8 Å². The lowest BCUT2D eigenvalue weighted by Gasteiger charge is -2.51. The van der Waals surface area contributed by atoms with Gasteiger partial charge in [-0.3, -0.25) is 4.79 Å². The molecule has 0 spiro atoms. The molecular formula is C30H40O2Si. The maximum Gasteiger partial charge on any atom is 0.261 e. The van der Waals surface area contributed by atoms with Gasteiger partial charge in [0.15, 0.2) is 0 Å². The molecular weight excluding hydrogens is 420 g/mol. The summed E-state index contributed by atoms with van der Waals surface area (Å²) in [6, 6.07) is 21.8. The van der Waals surface area contributed by atoms with E-state index in [0.29, 0.717) is 18.1 Å². The Morgan fingerprint density at radius 3 is 2.06 bits per heavy atom. The van der Waals surface area contributed by atoms with E-state index in [2.05, 4.69) is 102 Å². The first-order chi connectivity index (χ1) is 15.6. The molecule has 0 radical (unpaired) electrons. The Labute approximate surface area is 201 Å². The number of hydrogen-bond acceptors (Lipinski definition) is 2. The van der Waals surface area contributed by atoms with Crippen molar-refractivity contribution in [1.82, 2.24) is 0 Å². The van der Waals surface area contributed by atoms with Gasteiger partial charge in [0.2, 0.25) is 0 Å². The monoisotopic (exact) mass is 460 g/mol. The van der Waals surface area contributed by atoms with Crippen molar-refractivity contribution in [3.63, 3.8) is 0 Å². The quantitative estimate of drug-likeness (QED) is 0.374. The van der Waals surface area contributed by atoms with Crippen LogP contribution in [0.3, 0.4) is 0 Å². The van der Waals surface area contributed by atoms with Crippen molar-refractivity contribution in [2.75, 3.05) is 0 Å². The number of allylic oxidation sites excluding steroid dienone is 1. The molecule has 0 unspecified atom stereocenters. The molecule has 0 aromatic heterocycles. The topological polar surface area (TPSA) is 26.3 Å². The summed E-state index contributed by atoms with van der Waals surface area (Å²) in [4.78, 5) is 13.2. The first kappa shape index (κ1) is 24.2. The van der Waals surface area contributed by atoms with E-state index in [0.717, 1.165) is 25.7 Å². The minimum Gasteiger partial charge on any atom is -0.404 e. The molecule has 2 aliphatic rings. The van der Waals surface area contributed by atoms with E-state index in [-0.39, 0.29) is 22.5 Å². The molecule has 2 saturated carbocycles. The molecule has 0 bridgehead atoms. The van der Waals surface area contributed by atoms with Crippen LogP contribution < -0.4 is 10.4 Å². The minimum atomic E-state index is -2.65. The lowest BCUT2D eigenvalue weighted by atomic mass is 9.64. The summed E-state index contributed by atoms with van der Waals surface area (Å²) >= 11 is 0. The third-order valence-electron chi connectivity index (χ3n) is 8.32. The zero-order chi connectivity index (χ0) is 23.9. The van der Waals surface area contributed by atoms with Crippen molar-refractivity contribution < 1.29 is 9.22 Å². The maximum atomic E-state index is 13.2. The van der Waals surface area contributed by atoms with Crippen molar-refractivity contribution in [2.45, 2.75) is 77.9 Å². The molecule has 2 fully saturated rings. The second kappa shape index (κ2) is 9.00. The third-order valence-corrected chi connectivity index (χ3v) is 13.4. The highest BCUT2D eigenvalue weighted by Crippen LogP contribution is 2.57. The van der Waals surface area contributed by atoms with Crippen LogP contribution in [0.5, 0.6) is 0 Å². The van der Waals surface area contributed by atoms with Crippen molar-refractivity contribution in [3.8, 4) is 0 Å². The molecule has 2 aromatic carbocycles. The van der Waals surface area contributed by atoms with Gasteiger partial charge >= 0.3 is 0 Å². The highest BCUT2D eigenvalue weighted by atomic mass is 28.4. The second-order valence-corrected chi connectivity index (χ2v) is 16.0. The van der Waals surface area contributed by atoms with Crippen molar-refractivity contribution in [1.29, 1.82) is 0 Å². The summed E-state index contributed by atoms with van der Waals surface area (Å²) in [6.45, 7) is 15.6. The number of benzene rings is 2. The maximum absolute atomic E-state index is 13.2. The van der Waals surface area contributed by atoms with Gasteiger partial charge in [-0.15, -0.1) is 6.58 Å². The van der Waals surface area contributed by atoms with Crippen LogP contribution >= 0.6 is 0 Å². The molecule has 2 aliphatic carbocycles. The number of hydrogen-bond donors (Lipinski definition) is 0. The summed E-state index contributed by atoms with van der Waals surface area (Å²) in [5.41, 5.74) is 1.08. The fourth-order valence-corrected chi connectivity index (χ4v) is 11.7. The van der Waals surface area contributed by atoms with Crippen molar-refractivity contribution in [2.24, 2.45) is 17.3 Å². The molecule has 4 atom stereocenters. The van der Waals surface area contributed by atoms with Crippen LogP contribution in [0.4, 0.5) is 0 Å². The van der Waals surface area contributed by atoms with Crippen LogP contribution in [0.15, 0.2) is 72.8 Å². The highest BCUT2D eigenvalue weighted by Gasteiger charge is 2.59. The van der Waals surface area contributed by atoms with Crippen LogP contribution in [0, 0.1) is 17.3 Å². The zero-order valence-corrected chi connectivity index (χ0v) is 22.1. The van der Waals surface area contributed by atoms with E-state index in [1.165, 1.54) is 15.9 Å². The Morgan fingerprint density at radius 1 is 1.03 bits per heavy atom. The number of carbonyl (C=O) groups is 1. The van der Waals surface area contributed by atoms with Crippen LogP contribution in [-0.4, -0.2) is 20.2 Å². The van der Waals surface area contributed by atoms with Crippen LogP contribution in [-0.2, 0) is 9.22 Å². The van der Waals surface area contributed by atoms with E-state index >= 15 is 0 Å². The number of Topliss-reactive ketones (excluding diaryl/α,β-unsaturated/α-hetero) is 1. The summed E-state index contributed by atoms with van der Waals surface area (Å²) < 4.78 is 7.60. The molecule has 0 heterocycles. The second-order valence-electron chi connectivity index (χ2n) is 11.7. The molecule has 4 rings (SSSR count). The van der Waals surface area contributed by atoms with Gasteiger partial charge in [0, 0.05) is 17.8 Å². The molecule has 2 aromatic rings. The summed E-state index contributed by atoms with van der Waals surface area (Å²) in [6.07, 6.45) is 4.66. The van der Waals surface area contributed by atoms with Gasteiger partial charge in [-0.1, -0.05) is 93.9 Å². The summed E-state index contributed by atoms with van der Waals surface area (Å²) in [7, 11) is -2.65. The van der Waals surface area contributed by atoms with Gasteiger partial charge in [-0.05, 0) is 53.9 Å². The normalized spacial score (nSPS) is 27.9. The smallest absolute Gasteiger partial charge is 0.261 e. The van der Waals surface area contributed by atoms with Crippen LogP contribution in [0.1, 0.15) is 66.7 Å². The molecule has 3 heteroatoms. The molecule has 2 nitrogen and oxygen atoms in total. The number of carbonyl (C=O) groups excluding carboxylic acids is 1. The molecule has 0 aliphatic heterocycles. The van der Waals surface area contributed by atoms with E-state index in [9.17, 15) is 4.79 Å². The third kappa shape index (κ3) is 4.19. The number of rotatable bonds is 6. The summed E-state index contributed by atoms with van der Waals surface area (Å²) in [5, 5.41) is 2.58. The first-order valence-corrected chi connectivity index (χ1v) is 14.5. The SMILES string of the molecule is C=C(C)C[C@@H]1CC[C@]2(C)[C@@H](O[Si](c3ccccc3)(c3ccccc3)C(C)(C)C)CCC(=O)[C@@H]12. The fraction of sp³-hybridized carbons (Fsp3) is 0.500. The van der Waals surface area contributed by atoms with Gasteiger partial charge < -0.3 is 4.43 Å². The average Bonchev–Trinajstić information content (AvgIpc) is 3.11. The Bertz CT molecular complexity index is 951. The van der Waals surface area contributed by atoms with E-state index in [1.54, 1.807) is 0 Å². The Kier molecular flexibility index (Phi) is 6.59. The average molecular weight is 461 g/mol. The summed E-state index contributed by atoms with van der Waals surface area (Å²) in [5.74, 6) is 0.945. The lowest BCUT2D eigenvalue weighted by molar-refractivity contribution is -0.136. The van der Waals surface area contributed by atoms with Crippen LogP contribution in [0.25, 0.3) is 0 Å². The van der Waals surface area contributed by atoms with Gasteiger partial charge in [-0.2, -0.15) is 0 Å². The Hall–Kier alpha value is -1.97. The van der Waals surface area contributed by atoms with E-state index < -0.39 is 8.32 Å². The van der Waals surface area contributed by atoms with E-state index in [1.807, 2.05) is 0 Å². The predicted octanol–water partition coefficient (Wildman–Crippen LogP) is 6.29. The number of fused-ring (bicyclic) bond motifs is 1. The van der Waals surface area contributed by atoms with Gasteiger partial charge in [0.25, 0.3) is 8.32 Å². The number of ketones is 1. The fourth-order valence-electron chi connectivity index (χ4n) is 6.87. The van der Waals surface area contributed by atoms with Gasteiger partial charge in [0.1, 0.15) is 5.78 Å². The molecule has 0 N–H and O–H groups in total. The van der Waals surface area contributed by atoms with Crippen LogP contribution in [0.2, 0.25) is 5.04 Å². The van der Waals surface area contributed by atoms with Gasteiger partial charge in [0.05, 0.1) is 6.10 Å². The Balaban J connectivity index is 1.82. The molecule has 0 saturated heterocycles. The molecule has 0 amide bonds. The highest BCUT2D eigenvalue weighted by molar-refractivity contribution is 6.99. The standard InChI is InChI=1S/C30H40O2Si/c1-22(2)21-23-19-20-30(6)27(18-17-26(31)28(23)30)32-33(29(3,4)5,24-13-9-7-10-14-24)25-15-11-8-12-16-25/h7-16,23,27-28H,1,17-21H2,2-6H3/t23-,27-,28+,30+/m0/s1. The van der Waals surface area contributed by atoms with Gasteiger partial charge in [-0.25, -0.2) is 0 Å². The zero-order valence-electron chi connectivity index (χ0n) is 21.1. The largest absolute Gasteiger partial charge is 0.404 e. The molecule has 33 heavy (non-hydrogen) atoms. The Morgan fingerprint density at radius 2 is 1.58 bits per heavy atom. The minimum absolute atomic E-state index is 0.0568. The molecule has 176 valence electrons. The van der Waals surface area contributed by atoms with E-state index in [4.69, 9.17) is 4.43 Å². The lowest BCUT2D eigenvalue weighted by Crippen LogP contribution is -2.69. The van der Waals surface area contributed by atoms with Crippen molar-refractivity contribution >= 4 is 24.5 Å². The first-order valence-electron chi connectivity index (χ1n) is 12.6.